The maximum atomic E-state index is 12.6. The molecule has 1 saturated heterocycles. The molecule has 6 nitrogen and oxygen atoms in total. The van der Waals surface area contributed by atoms with Crippen LogP contribution in [0.1, 0.15) is 34.1 Å². The van der Waals surface area contributed by atoms with Gasteiger partial charge < -0.3 is 15.1 Å². The van der Waals surface area contributed by atoms with E-state index in [4.69, 9.17) is 0 Å². The highest BCUT2D eigenvalue weighted by atomic mass is 16.2. The number of hydrogen-bond acceptors (Lipinski definition) is 4. The average Bonchev–Trinajstić information content (AvgIpc) is 2.72. The van der Waals surface area contributed by atoms with Crippen molar-refractivity contribution in [2.45, 2.75) is 13.3 Å². The Morgan fingerprint density at radius 3 is 2.37 bits per heavy atom. The Labute approximate surface area is 160 Å². The molecule has 0 bridgehead atoms. The second-order valence-corrected chi connectivity index (χ2v) is 6.89. The molecule has 0 unspecified atom stereocenters. The summed E-state index contributed by atoms with van der Waals surface area (Å²) >= 11 is 0. The summed E-state index contributed by atoms with van der Waals surface area (Å²) in [4.78, 5) is 33.1. The van der Waals surface area contributed by atoms with Crippen molar-refractivity contribution in [2.24, 2.45) is 0 Å². The van der Waals surface area contributed by atoms with Crippen LogP contribution in [-0.4, -0.2) is 66.4 Å². The molecule has 6 heteroatoms. The van der Waals surface area contributed by atoms with E-state index in [-0.39, 0.29) is 11.8 Å². The topological polar surface area (TPSA) is 65.5 Å². The van der Waals surface area contributed by atoms with Gasteiger partial charge >= 0.3 is 0 Å². The lowest BCUT2D eigenvalue weighted by Gasteiger charge is -2.32. The van der Waals surface area contributed by atoms with Crippen molar-refractivity contribution in [1.29, 1.82) is 0 Å². The summed E-state index contributed by atoms with van der Waals surface area (Å²) in [5, 5.41) is 2.86. The Bertz CT molecular complexity index is 796. The highest BCUT2D eigenvalue weighted by molar-refractivity contribution is 5.96. The van der Waals surface area contributed by atoms with Crippen molar-refractivity contribution in [2.75, 3.05) is 39.8 Å². The third kappa shape index (κ3) is 4.71. The second kappa shape index (κ2) is 8.77. The van der Waals surface area contributed by atoms with Crippen molar-refractivity contribution in [1.82, 2.24) is 20.1 Å². The highest BCUT2D eigenvalue weighted by Gasteiger charge is 2.20. The Kier molecular flexibility index (Phi) is 6.19. The molecule has 142 valence electrons. The first-order valence-electron chi connectivity index (χ1n) is 9.40. The Balaban J connectivity index is 1.72. The number of hydrogen-bond donors (Lipinski definition) is 1. The summed E-state index contributed by atoms with van der Waals surface area (Å²) in [5.74, 6) is -0.0477. The smallest absolute Gasteiger partial charge is 0.253 e. The van der Waals surface area contributed by atoms with Gasteiger partial charge in [-0.2, -0.15) is 0 Å². The Morgan fingerprint density at radius 2 is 1.70 bits per heavy atom. The minimum Gasteiger partial charge on any atom is -0.352 e. The summed E-state index contributed by atoms with van der Waals surface area (Å²) in [6.07, 6.45) is 4.19. The van der Waals surface area contributed by atoms with E-state index in [0.717, 1.165) is 43.7 Å². The van der Waals surface area contributed by atoms with Crippen LogP contribution >= 0.6 is 0 Å². The van der Waals surface area contributed by atoms with Crippen molar-refractivity contribution in [3.63, 3.8) is 0 Å². The van der Waals surface area contributed by atoms with Crippen LogP contribution in [0.2, 0.25) is 0 Å². The summed E-state index contributed by atoms with van der Waals surface area (Å²) in [7, 11) is 2.07. The molecule has 3 rings (SSSR count). The van der Waals surface area contributed by atoms with Crippen molar-refractivity contribution < 1.29 is 9.59 Å². The molecule has 0 aliphatic carbocycles. The summed E-state index contributed by atoms with van der Waals surface area (Å²) in [5.41, 5.74) is 3.02. The van der Waals surface area contributed by atoms with E-state index in [9.17, 15) is 9.59 Å². The van der Waals surface area contributed by atoms with Crippen LogP contribution in [0.4, 0.5) is 0 Å². The SMILES string of the molecule is CCCNC(=O)c1cncc(-c2ccc(C(=O)N3CCN(C)CC3)cc2)c1. The van der Waals surface area contributed by atoms with Crippen LogP contribution in [0.15, 0.2) is 42.7 Å². The lowest BCUT2D eigenvalue weighted by Crippen LogP contribution is -2.47. The zero-order chi connectivity index (χ0) is 19.2. The second-order valence-electron chi connectivity index (χ2n) is 6.89. The number of aromatic nitrogens is 1. The minimum absolute atomic E-state index is 0.0699. The molecule has 2 aromatic rings. The standard InChI is InChI=1S/C21H26N4O2/c1-3-8-23-20(26)19-13-18(14-22-15-19)16-4-6-17(7-5-16)21(27)25-11-9-24(2)10-12-25/h4-7,13-15H,3,8-12H2,1-2H3,(H,23,26). The number of pyridine rings is 1. The largest absolute Gasteiger partial charge is 0.352 e. The van der Waals surface area contributed by atoms with E-state index in [1.54, 1.807) is 12.4 Å². The first kappa shape index (κ1) is 19.0. The molecule has 0 spiro atoms. The zero-order valence-electron chi connectivity index (χ0n) is 15.9. The van der Waals surface area contributed by atoms with E-state index >= 15 is 0 Å². The van der Waals surface area contributed by atoms with E-state index in [1.807, 2.05) is 42.2 Å². The number of likely N-dealkylation sites (N-methyl/N-ethyl adjacent to an activating group) is 1. The van der Waals surface area contributed by atoms with E-state index < -0.39 is 0 Å². The summed E-state index contributed by atoms with van der Waals surface area (Å²) < 4.78 is 0. The van der Waals surface area contributed by atoms with Crippen molar-refractivity contribution >= 4 is 11.8 Å². The molecule has 1 fully saturated rings. The van der Waals surface area contributed by atoms with E-state index in [1.165, 1.54) is 0 Å². The van der Waals surface area contributed by atoms with Gasteiger partial charge in [-0.05, 0) is 37.2 Å². The fourth-order valence-electron chi connectivity index (χ4n) is 3.06. The molecule has 1 N–H and O–H groups in total. The van der Waals surface area contributed by atoms with Gasteiger partial charge in [-0.1, -0.05) is 19.1 Å². The first-order chi connectivity index (χ1) is 13.1. The Morgan fingerprint density at radius 1 is 1.00 bits per heavy atom. The molecular weight excluding hydrogens is 340 g/mol. The van der Waals surface area contributed by atoms with Gasteiger partial charge in [0.15, 0.2) is 0 Å². The van der Waals surface area contributed by atoms with Crippen LogP contribution in [0.25, 0.3) is 11.1 Å². The molecule has 0 radical (unpaired) electrons. The van der Waals surface area contributed by atoms with Gasteiger partial charge in [0.1, 0.15) is 0 Å². The zero-order valence-corrected chi connectivity index (χ0v) is 15.9. The number of carbonyl (C=O) groups excluding carboxylic acids is 2. The van der Waals surface area contributed by atoms with E-state index in [0.29, 0.717) is 17.7 Å². The third-order valence-corrected chi connectivity index (χ3v) is 4.79. The van der Waals surface area contributed by atoms with Gasteiger partial charge in [-0.15, -0.1) is 0 Å². The average molecular weight is 366 g/mol. The predicted molar refractivity (Wildman–Crippen MR) is 106 cm³/mol. The molecule has 1 aromatic carbocycles. The molecule has 1 aliphatic rings. The fraction of sp³-hybridized carbons (Fsp3) is 0.381. The minimum atomic E-state index is -0.118. The first-order valence-corrected chi connectivity index (χ1v) is 9.40. The molecule has 2 heterocycles. The van der Waals surface area contributed by atoms with Crippen LogP contribution in [0.3, 0.4) is 0 Å². The maximum Gasteiger partial charge on any atom is 0.253 e. The van der Waals surface area contributed by atoms with Gasteiger partial charge in [0.25, 0.3) is 11.8 Å². The predicted octanol–water partition coefficient (Wildman–Crippen LogP) is 2.28. The molecule has 0 atom stereocenters. The molecular formula is C21H26N4O2. The summed E-state index contributed by atoms with van der Waals surface area (Å²) in [6, 6.07) is 9.34. The number of nitrogens with one attached hydrogen (secondary N) is 1. The maximum absolute atomic E-state index is 12.6. The summed E-state index contributed by atoms with van der Waals surface area (Å²) in [6.45, 7) is 5.99. The van der Waals surface area contributed by atoms with Crippen LogP contribution in [0.5, 0.6) is 0 Å². The highest BCUT2D eigenvalue weighted by Crippen LogP contribution is 2.21. The van der Waals surface area contributed by atoms with Crippen LogP contribution < -0.4 is 5.32 Å². The van der Waals surface area contributed by atoms with Crippen molar-refractivity contribution in [3.05, 3.63) is 53.9 Å². The van der Waals surface area contributed by atoms with Gasteiger partial charge in [0.05, 0.1) is 5.56 Å². The number of rotatable bonds is 5. The van der Waals surface area contributed by atoms with Gasteiger partial charge in [-0.25, -0.2) is 0 Å². The normalized spacial score (nSPS) is 14.8. The molecule has 1 aliphatic heterocycles. The third-order valence-electron chi connectivity index (χ3n) is 4.79. The molecule has 0 saturated carbocycles. The number of benzene rings is 1. The quantitative estimate of drug-likeness (QED) is 0.882. The van der Waals surface area contributed by atoms with Gasteiger partial charge in [-0.3, -0.25) is 14.6 Å². The number of amides is 2. The Hall–Kier alpha value is -2.73. The monoisotopic (exact) mass is 366 g/mol. The number of carbonyl (C=O) groups is 2. The fourth-order valence-corrected chi connectivity index (χ4v) is 3.06. The van der Waals surface area contributed by atoms with Gasteiger partial charge in [0, 0.05) is 56.2 Å². The molecule has 27 heavy (non-hydrogen) atoms. The van der Waals surface area contributed by atoms with Gasteiger partial charge in [0.2, 0.25) is 0 Å². The van der Waals surface area contributed by atoms with E-state index in [2.05, 4.69) is 22.2 Å². The van der Waals surface area contributed by atoms with Crippen LogP contribution in [-0.2, 0) is 0 Å². The molecule has 2 amide bonds. The molecule has 1 aromatic heterocycles. The lowest BCUT2D eigenvalue weighted by atomic mass is 10.0. The number of nitrogens with zero attached hydrogens (tertiary/aromatic N) is 3. The van der Waals surface area contributed by atoms with Crippen molar-refractivity contribution in [3.8, 4) is 11.1 Å². The lowest BCUT2D eigenvalue weighted by molar-refractivity contribution is 0.0664. The number of piperazine rings is 1. The van der Waals surface area contributed by atoms with Crippen LogP contribution in [0, 0.1) is 0 Å².